The molecule has 4 aromatic rings. The van der Waals surface area contributed by atoms with Crippen LogP contribution in [0.15, 0.2) is 53.4 Å². The molecule has 1 atom stereocenters. The van der Waals surface area contributed by atoms with Crippen LogP contribution < -0.4 is 0 Å². The number of carbonyl (C=O) groups excluding carboxylic acids is 1. The monoisotopic (exact) mass is 449 g/mol. The van der Waals surface area contributed by atoms with E-state index in [1.165, 1.54) is 16.9 Å². The highest BCUT2D eigenvalue weighted by molar-refractivity contribution is 5.98. The molecule has 1 unspecified atom stereocenters. The first-order valence-corrected chi connectivity index (χ1v) is 10.4. The minimum atomic E-state index is -0.572. The number of hydrogen-bond acceptors (Lipinski definition) is 8. The summed E-state index contributed by atoms with van der Waals surface area (Å²) >= 11 is 0. The summed E-state index contributed by atoms with van der Waals surface area (Å²) in [6, 6.07) is 8.28. The Balaban J connectivity index is 1.39. The average molecular weight is 449 g/mol. The Labute approximate surface area is 188 Å². The molecule has 168 valence electrons. The summed E-state index contributed by atoms with van der Waals surface area (Å²) in [4.78, 5) is 25.0. The molecule has 0 aliphatic carbocycles. The van der Waals surface area contributed by atoms with E-state index in [1.54, 1.807) is 17.3 Å². The zero-order valence-electron chi connectivity index (χ0n) is 17.8. The van der Waals surface area contributed by atoms with Gasteiger partial charge in [-0.2, -0.15) is 20.0 Å². The first-order valence-electron chi connectivity index (χ1n) is 10.4. The number of hydrogen-bond donors (Lipinski definition) is 0. The Bertz CT molecular complexity index is 1260. The van der Waals surface area contributed by atoms with Crippen LogP contribution in [0.5, 0.6) is 0 Å². The minimum absolute atomic E-state index is 0.171. The van der Waals surface area contributed by atoms with Gasteiger partial charge in [-0.3, -0.25) is 4.79 Å². The van der Waals surface area contributed by atoms with E-state index < -0.39 is 12.0 Å². The van der Waals surface area contributed by atoms with E-state index in [0.29, 0.717) is 42.3 Å². The normalized spacial score (nSPS) is 16.2. The van der Waals surface area contributed by atoms with Crippen LogP contribution in [-0.4, -0.2) is 60.3 Å². The maximum absolute atomic E-state index is 13.6. The quantitative estimate of drug-likeness (QED) is 0.457. The molecular formula is C22H20FN7O3. The summed E-state index contributed by atoms with van der Waals surface area (Å²) in [6.45, 7) is 2.96. The predicted molar refractivity (Wildman–Crippen MR) is 113 cm³/mol. The van der Waals surface area contributed by atoms with E-state index in [0.717, 1.165) is 11.8 Å². The molecule has 0 saturated carbocycles. The van der Waals surface area contributed by atoms with Crippen molar-refractivity contribution in [2.45, 2.75) is 26.0 Å². The van der Waals surface area contributed by atoms with Crippen molar-refractivity contribution in [2.24, 2.45) is 0 Å². The molecule has 0 N–H and O–H groups in total. The van der Waals surface area contributed by atoms with E-state index >= 15 is 0 Å². The number of nitrogens with zero attached hydrogens (tertiary/aromatic N) is 7. The fraction of sp³-hybridized carbons (Fsp3) is 0.273. The molecule has 0 bridgehead atoms. The van der Waals surface area contributed by atoms with Crippen molar-refractivity contribution < 1.29 is 18.4 Å². The zero-order chi connectivity index (χ0) is 22.8. The third-order valence-electron chi connectivity index (χ3n) is 5.25. The second kappa shape index (κ2) is 8.87. The van der Waals surface area contributed by atoms with Crippen molar-refractivity contribution in [1.82, 2.24) is 35.0 Å². The second-order valence-corrected chi connectivity index (χ2v) is 7.60. The number of amides is 1. The molecule has 1 fully saturated rings. The average Bonchev–Trinajstić information content (AvgIpc) is 3.52. The maximum atomic E-state index is 13.6. The van der Waals surface area contributed by atoms with Crippen molar-refractivity contribution in [1.29, 1.82) is 0 Å². The standard InChI is InChI=1S/C22H20FN7O3/c1-14-3-6-18(30-25-7-8-26-30)16(11-14)22(31)29-9-2-10-32-20(29)12-19-27-21(33-28-19)17-5-4-15(23)13-24-17/h3-8,11,13,20H,2,9-10,12H2,1H3. The molecule has 5 rings (SSSR count). The molecule has 1 saturated heterocycles. The summed E-state index contributed by atoms with van der Waals surface area (Å²) in [7, 11) is 0. The zero-order valence-corrected chi connectivity index (χ0v) is 17.8. The van der Waals surface area contributed by atoms with Gasteiger partial charge in [0.05, 0.1) is 42.9 Å². The van der Waals surface area contributed by atoms with Crippen LogP contribution in [0.3, 0.4) is 0 Å². The fourth-order valence-corrected chi connectivity index (χ4v) is 3.68. The molecule has 3 aromatic heterocycles. The molecule has 0 spiro atoms. The lowest BCUT2D eigenvalue weighted by molar-refractivity contribution is -0.0771. The van der Waals surface area contributed by atoms with Crippen LogP contribution in [0.25, 0.3) is 17.3 Å². The smallest absolute Gasteiger partial charge is 0.276 e. The maximum Gasteiger partial charge on any atom is 0.276 e. The summed E-state index contributed by atoms with van der Waals surface area (Å²) < 4.78 is 24.3. The minimum Gasteiger partial charge on any atom is -0.358 e. The Kier molecular flexibility index (Phi) is 5.61. The topological polar surface area (TPSA) is 112 Å². The van der Waals surface area contributed by atoms with Gasteiger partial charge in [-0.25, -0.2) is 9.37 Å². The first-order chi connectivity index (χ1) is 16.1. The fourth-order valence-electron chi connectivity index (χ4n) is 3.68. The lowest BCUT2D eigenvalue weighted by Crippen LogP contribution is -2.48. The molecule has 1 aromatic carbocycles. The number of rotatable bonds is 5. The number of ether oxygens (including phenoxy) is 1. The summed E-state index contributed by atoms with van der Waals surface area (Å²) in [5.74, 6) is -0.118. The van der Waals surface area contributed by atoms with Crippen LogP contribution in [0, 0.1) is 12.7 Å². The van der Waals surface area contributed by atoms with Gasteiger partial charge in [0, 0.05) is 6.54 Å². The first kappa shape index (κ1) is 20.9. The Morgan fingerprint density at radius 1 is 1.21 bits per heavy atom. The highest BCUT2D eigenvalue weighted by atomic mass is 19.1. The van der Waals surface area contributed by atoms with E-state index in [9.17, 15) is 9.18 Å². The molecule has 0 radical (unpaired) electrons. The van der Waals surface area contributed by atoms with E-state index in [1.807, 2.05) is 25.1 Å². The second-order valence-electron chi connectivity index (χ2n) is 7.60. The predicted octanol–water partition coefficient (Wildman–Crippen LogP) is 2.59. The summed E-state index contributed by atoms with van der Waals surface area (Å²) in [5, 5.41) is 12.3. The van der Waals surface area contributed by atoms with Gasteiger partial charge >= 0.3 is 0 Å². The SMILES string of the molecule is Cc1ccc(-n2nccn2)c(C(=O)N2CCCOC2Cc2noc(-c3ccc(F)cn3)n2)c1. The highest BCUT2D eigenvalue weighted by Crippen LogP contribution is 2.23. The van der Waals surface area contributed by atoms with Crippen molar-refractivity contribution in [2.75, 3.05) is 13.2 Å². The van der Waals surface area contributed by atoms with Gasteiger partial charge < -0.3 is 14.2 Å². The largest absolute Gasteiger partial charge is 0.358 e. The molecule has 4 heterocycles. The number of benzene rings is 1. The van der Waals surface area contributed by atoms with Crippen molar-refractivity contribution in [3.8, 4) is 17.3 Å². The molecule has 10 nitrogen and oxygen atoms in total. The lowest BCUT2D eigenvalue weighted by Gasteiger charge is -2.35. The third kappa shape index (κ3) is 4.35. The van der Waals surface area contributed by atoms with Crippen molar-refractivity contribution in [3.05, 3.63) is 71.7 Å². The number of pyridine rings is 1. The van der Waals surface area contributed by atoms with Gasteiger partial charge in [-0.15, -0.1) is 0 Å². The molecule has 11 heteroatoms. The van der Waals surface area contributed by atoms with Crippen LogP contribution in [0.4, 0.5) is 4.39 Å². The molecule has 1 aliphatic heterocycles. The van der Waals surface area contributed by atoms with Crippen LogP contribution in [-0.2, 0) is 11.2 Å². The molecular weight excluding hydrogens is 429 g/mol. The number of halogens is 1. The van der Waals surface area contributed by atoms with Crippen LogP contribution in [0.1, 0.15) is 28.2 Å². The highest BCUT2D eigenvalue weighted by Gasteiger charge is 2.31. The van der Waals surface area contributed by atoms with Crippen molar-refractivity contribution in [3.63, 3.8) is 0 Å². The summed E-state index contributed by atoms with van der Waals surface area (Å²) in [5.41, 5.74) is 2.37. The van der Waals surface area contributed by atoms with Gasteiger partial charge in [0.2, 0.25) is 0 Å². The molecule has 1 amide bonds. The van der Waals surface area contributed by atoms with Gasteiger partial charge in [-0.05, 0) is 37.6 Å². The van der Waals surface area contributed by atoms with Gasteiger partial charge in [0.25, 0.3) is 11.8 Å². The van der Waals surface area contributed by atoms with Gasteiger partial charge in [-0.1, -0.05) is 16.8 Å². The van der Waals surface area contributed by atoms with Gasteiger partial charge in [0.1, 0.15) is 17.7 Å². The Morgan fingerprint density at radius 3 is 2.85 bits per heavy atom. The Morgan fingerprint density at radius 2 is 2.06 bits per heavy atom. The molecule has 33 heavy (non-hydrogen) atoms. The number of aryl methyl sites for hydroxylation is 1. The molecule has 1 aliphatic rings. The van der Waals surface area contributed by atoms with Crippen LogP contribution in [0.2, 0.25) is 0 Å². The summed E-state index contributed by atoms with van der Waals surface area (Å²) in [6.07, 6.45) is 4.57. The third-order valence-corrected chi connectivity index (χ3v) is 5.25. The number of carbonyl (C=O) groups is 1. The van der Waals surface area contributed by atoms with Crippen molar-refractivity contribution >= 4 is 5.91 Å². The number of aromatic nitrogens is 6. The van der Waals surface area contributed by atoms with E-state index in [2.05, 4.69) is 25.3 Å². The lowest BCUT2D eigenvalue weighted by atomic mass is 10.1. The van der Waals surface area contributed by atoms with Crippen LogP contribution >= 0.6 is 0 Å². The van der Waals surface area contributed by atoms with E-state index in [4.69, 9.17) is 9.26 Å². The Hall–Kier alpha value is -3.99. The van der Waals surface area contributed by atoms with Gasteiger partial charge in [0.15, 0.2) is 5.82 Å². The van der Waals surface area contributed by atoms with E-state index in [-0.39, 0.29) is 18.2 Å².